The molecule has 6 nitrogen and oxygen atoms in total. The lowest BCUT2D eigenvalue weighted by Gasteiger charge is -2.31. The predicted octanol–water partition coefficient (Wildman–Crippen LogP) is 1.90. The van der Waals surface area contributed by atoms with Crippen molar-refractivity contribution in [3.05, 3.63) is 0 Å². The molecule has 0 fully saturated rings. The van der Waals surface area contributed by atoms with Gasteiger partial charge in [-0.2, -0.15) is 8.42 Å². The molecule has 0 aromatic rings. The van der Waals surface area contributed by atoms with Crippen LogP contribution in [0.25, 0.3) is 0 Å². The van der Waals surface area contributed by atoms with Crippen LogP contribution >= 0.6 is 0 Å². The summed E-state index contributed by atoms with van der Waals surface area (Å²) >= 11 is 0. The van der Waals surface area contributed by atoms with E-state index in [-0.39, 0.29) is 12.0 Å². The first kappa shape index (κ1) is 18.2. The number of nitrogens with one attached hydrogen (secondary N) is 1. The summed E-state index contributed by atoms with van der Waals surface area (Å²) in [5.41, 5.74) is -0.966. The van der Waals surface area contributed by atoms with Crippen LogP contribution in [0.1, 0.15) is 41.5 Å². The lowest BCUT2D eigenvalue weighted by Crippen LogP contribution is -2.48. The molecule has 0 heterocycles. The first-order chi connectivity index (χ1) is 8.21. The van der Waals surface area contributed by atoms with Crippen molar-refractivity contribution in [1.82, 2.24) is 5.32 Å². The van der Waals surface area contributed by atoms with Gasteiger partial charge in [0.05, 0.1) is 18.9 Å². The largest absolute Gasteiger partial charge is 0.444 e. The van der Waals surface area contributed by atoms with E-state index in [1.54, 1.807) is 20.8 Å². The van der Waals surface area contributed by atoms with Gasteiger partial charge in [-0.05, 0) is 26.2 Å². The normalized spacial score (nSPS) is 14.9. The van der Waals surface area contributed by atoms with E-state index in [0.29, 0.717) is 0 Å². The molecule has 0 rings (SSSR count). The van der Waals surface area contributed by atoms with Gasteiger partial charge in [-0.15, -0.1) is 0 Å². The van der Waals surface area contributed by atoms with E-state index in [2.05, 4.69) is 5.32 Å². The van der Waals surface area contributed by atoms with Crippen LogP contribution in [0.15, 0.2) is 0 Å². The van der Waals surface area contributed by atoms with Crippen molar-refractivity contribution in [1.29, 1.82) is 0 Å². The summed E-state index contributed by atoms with van der Waals surface area (Å²) < 4.78 is 31.9. The van der Waals surface area contributed by atoms with Crippen molar-refractivity contribution >= 4 is 16.2 Å². The average Bonchev–Trinajstić information content (AvgIpc) is 2.05. The molecule has 0 aliphatic rings. The van der Waals surface area contributed by atoms with E-state index in [9.17, 15) is 13.2 Å². The Bertz CT molecular complexity index is 403. The molecule has 1 N–H and O–H groups in total. The quantitative estimate of drug-likeness (QED) is 0.801. The van der Waals surface area contributed by atoms with Crippen molar-refractivity contribution < 1.29 is 22.1 Å². The minimum atomic E-state index is -3.54. The number of ether oxygens (including phenoxy) is 1. The fourth-order valence-electron chi connectivity index (χ4n) is 1.15. The summed E-state index contributed by atoms with van der Waals surface area (Å²) in [6.07, 6.45) is 0.379. The molecule has 0 spiro atoms. The third-order valence-electron chi connectivity index (χ3n) is 2.19. The SMILES string of the molecule is CC(C)(C)OC(=O)N[C@@H](COS(C)(=O)=O)C(C)(C)C. The van der Waals surface area contributed by atoms with Crippen LogP contribution in [0.5, 0.6) is 0 Å². The molecule has 0 saturated carbocycles. The molecule has 7 heteroatoms. The van der Waals surface area contributed by atoms with Gasteiger partial charge in [-0.25, -0.2) is 4.79 Å². The Balaban J connectivity index is 4.67. The predicted molar refractivity (Wildman–Crippen MR) is 73.4 cm³/mol. The Hall–Kier alpha value is -0.820. The number of hydrogen-bond acceptors (Lipinski definition) is 5. The summed E-state index contributed by atoms with van der Waals surface area (Å²) in [7, 11) is -3.54. The minimum absolute atomic E-state index is 0.123. The van der Waals surface area contributed by atoms with E-state index >= 15 is 0 Å². The third kappa shape index (κ3) is 9.72. The molecule has 0 aromatic heterocycles. The number of alkyl carbamates (subject to hydrolysis) is 1. The Kier molecular flexibility index (Phi) is 5.83. The monoisotopic (exact) mass is 295 g/mol. The molecule has 114 valence electrons. The van der Waals surface area contributed by atoms with E-state index in [4.69, 9.17) is 8.92 Å². The zero-order valence-electron chi connectivity index (χ0n) is 12.7. The number of amides is 1. The number of rotatable bonds is 4. The van der Waals surface area contributed by atoms with Crippen molar-refractivity contribution in [2.24, 2.45) is 5.41 Å². The van der Waals surface area contributed by atoms with E-state index in [1.807, 2.05) is 20.8 Å². The Labute approximate surface area is 116 Å². The lowest BCUT2D eigenvalue weighted by molar-refractivity contribution is 0.0432. The van der Waals surface area contributed by atoms with Crippen LogP contribution in [0.3, 0.4) is 0 Å². The molecule has 1 amide bonds. The van der Waals surface area contributed by atoms with Crippen LogP contribution in [0.4, 0.5) is 4.79 Å². The van der Waals surface area contributed by atoms with Crippen LogP contribution in [-0.4, -0.2) is 39.0 Å². The molecule has 0 aliphatic heterocycles. The second kappa shape index (κ2) is 6.09. The summed E-state index contributed by atoms with van der Waals surface area (Å²) in [6, 6.07) is -0.475. The number of carbonyl (C=O) groups is 1. The highest BCUT2D eigenvalue weighted by Crippen LogP contribution is 2.20. The molecule has 0 aliphatic carbocycles. The van der Waals surface area contributed by atoms with Crippen molar-refractivity contribution in [3.63, 3.8) is 0 Å². The van der Waals surface area contributed by atoms with E-state index < -0.39 is 27.9 Å². The van der Waals surface area contributed by atoms with Crippen LogP contribution in [0, 0.1) is 5.41 Å². The average molecular weight is 295 g/mol. The third-order valence-corrected chi connectivity index (χ3v) is 2.75. The highest BCUT2D eigenvalue weighted by molar-refractivity contribution is 7.85. The van der Waals surface area contributed by atoms with Gasteiger partial charge in [0.2, 0.25) is 0 Å². The van der Waals surface area contributed by atoms with Gasteiger partial charge in [0, 0.05) is 0 Å². The van der Waals surface area contributed by atoms with Gasteiger partial charge in [0.15, 0.2) is 0 Å². The molecule has 0 radical (unpaired) electrons. The Morgan fingerprint density at radius 1 is 1.16 bits per heavy atom. The first-order valence-corrected chi connectivity index (χ1v) is 7.86. The minimum Gasteiger partial charge on any atom is -0.444 e. The van der Waals surface area contributed by atoms with Gasteiger partial charge in [-0.3, -0.25) is 4.18 Å². The molecule has 0 unspecified atom stereocenters. The molecular formula is C12H25NO5S. The van der Waals surface area contributed by atoms with Crippen molar-refractivity contribution in [2.45, 2.75) is 53.2 Å². The Morgan fingerprint density at radius 2 is 1.63 bits per heavy atom. The first-order valence-electron chi connectivity index (χ1n) is 6.04. The smallest absolute Gasteiger partial charge is 0.407 e. The van der Waals surface area contributed by atoms with Crippen LogP contribution in [0.2, 0.25) is 0 Å². The molecule has 19 heavy (non-hydrogen) atoms. The molecule has 1 atom stereocenters. The summed E-state index contributed by atoms with van der Waals surface area (Å²) in [5, 5.41) is 2.64. The van der Waals surface area contributed by atoms with Gasteiger partial charge in [-0.1, -0.05) is 20.8 Å². The maximum Gasteiger partial charge on any atom is 0.407 e. The van der Waals surface area contributed by atoms with E-state index in [0.717, 1.165) is 6.26 Å². The highest BCUT2D eigenvalue weighted by atomic mass is 32.2. The second-order valence-corrected chi connectivity index (χ2v) is 8.20. The summed E-state index contributed by atoms with van der Waals surface area (Å²) in [6.45, 7) is 10.8. The molecule has 0 bridgehead atoms. The van der Waals surface area contributed by atoms with Crippen LogP contribution < -0.4 is 5.32 Å². The van der Waals surface area contributed by atoms with Gasteiger partial charge in [0.25, 0.3) is 10.1 Å². The Morgan fingerprint density at radius 3 is 1.95 bits per heavy atom. The molecule has 0 saturated heterocycles. The maximum atomic E-state index is 11.7. The maximum absolute atomic E-state index is 11.7. The standard InChI is InChI=1S/C12H25NO5S/c1-11(2,3)9(8-17-19(7,15)16)13-10(14)18-12(4,5)6/h9H,8H2,1-7H3,(H,13,14)/t9-/m0/s1. The second-order valence-electron chi connectivity index (χ2n) is 6.55. The summed E-state index contributed by atoms with van der Waals surface area (Å²) in [5.74, 6) is 0. The van der Waals surface area contributed by atoms with Gasteiger partial charge < -0.3 is 10.1 Å². The highest BCUT2D eigenvalue weighted by Gasteiger charge is 2.29. The topological polar surface area (TPSA) is 81.7 Å². The van der Waals surface area contributed by atoms with Crippen LogP contribution in [-0.2, 0) is 19.0 Å². The van der Waals surface area contributed by atoms with Crippen molar-refractivity contribution in [3.8, 4) is 0 Å². The zero-order valence-corrected chi connectivity index (χ0v) is 13.6. The summed E-state index contributed by atoms with van der Waals surface area (Å²) in [4.78, 5) is 11.7. The fraction of sp³-hybridized carbons (Fsp3) is 0.917. The van der Waals surface area contributed by atoms with Gasteiger partial charge in [0.1, 0.15) is 5.60 Å². The fourth-order valence-corrected chi connectivity index (χ4v) is 1.53. The van der Waals surface area contributed by atoms with Gasteiger partial charge >= 0.3 is 6.09 Å². The number of hydrogen-bond donors (Lipinski definition) is 1. The van der Waals surface area contributed by atoms with Crippen molar-refractivity contribution in [2.75, 3.05) is 12.9 Å². The zero-order chi connectivity index (χ0) is 15.5. The molecule has 0 aromatic carbocycles. The van der Waals surface area contributed by atoms with E-state index in [1.165, 1.54) is 0 Å². The molecular weight excluding hydrogens is 270 g/mol. The lowest BCUT2D eigenvalue weighted by atomic mass is 9.87. The number of carbonyl (C=O) groups excluding carboxylic acids is 1.